The van der Waals surface area contributed by atoms with Crippen LogP contribution in [0.1, 0.15) is 20.3 Å². The molecule has 0 aliphatic carbocycles. The summed E-state index contributed by atoms with van der Waals surface area (Å²) in [6, 6.07) is -0.637. The fraction of sp³-hybridized carbons (Fsp3) is 0.684. The average Bonchev–Trinajstić information content (AvgIpc) is 3.21. The molecule has 0 aromatic rings. The molecule has 166 valence electrons. The monoisotopic (exact) mass is 440 g/mol. The summed E-state index contributed by atoms with van der Waals surface area (Å²) in [7, 11) is 3.40. The summed E-state index contributed by atoms with van der Waals surface area (Å²) in [4.78, 5) is 52.1. The Balaban J connectivity index is 1.83. The van der Waals surface area contributed by atoms with Crippen LogP contribution in [0.2, 0.25) is 0 Å². The molecule has 3 amide bonds. The van der Waals surface area contributed by atoms with Gasteiger partial charge in [-0.15, -0.1) is 11.8 Å². The molecule has 6 atom stereocenters. The Morgan fingerprint density at radius 3 is 2.60 bits per heavy atom. The average molecular weight is 441 g/mol. The van der Waals surface area contributed by atoms with E-state index < -0.39 is 30.4 Å². The van der Waals surface area contributed by atoms with E-state index in [1.807, 2.05) is 6.92 Å². The zero-order valence-corrected chi connectivity index (χ0v) is 18.2. The van der Waals surface area contributed by atoms with Gasteiger partial charge in [0.25, 0.3) is 5.91 Å². The van der Waals surface area contributed by atoms with Crippen molar-refractivity contribution in [2.45, 2.75) is 43.7 Å². The molecule has 3 aliphatic heterocycles. The predicted octanol–water partition coefficient (Wildman–Crippen LogP) is -1.19. The maximum absolute atomic E-state index is 12.8. The van der Waals surface area contributed by atoms with Gasteiger partial charge in [-0.3, -0.25) is 19.2 Å². The van der Waals surface area contributed by atoms with E-state index >= 15 is 0 Å². The summed E-state index contributed by atoms with van der Waals surface area (Å²) in [5.41, 5.74) is 0.169. The van der Waals surface area contributed by atoms with Gasteiger partial charge in [0.2, 0.25) is 11.8 Å². The Hall–Kier alpha value is -2.11. The summed E-state index contributed by atoms with van der Waals surface area (Å²) in [6.45, 7) is 3.49. The highest BCUT2D eigenvalue weighted by Gasteiger charge is 2.60. The molecule has 0 spiro atoms. The van der Waals surface area contributed by atoms with E-state index in [1.165, 1.54) is 21.6 Å². The van der Waals surface area contributed by atoms with Gasteiger partial charge in [0.05, 0.1) is 24.1 Å². The van der Waals surface area contributed by atoms with Gasteiger partial charge in [0.15, 0.2) is 0 Å². The van der Waals surface area contributed by atoms with Crippen molar-refractivity contribution in [3.63, 3.8) is 0 Å². The van der Waals surface area contributed by atoms with Crippen LogP contribution in [0, 0.1) is 11.8 Å². The van der Waals surface area contributed by atoms with Gasteiger partial charge in [0.1, 0.15) is 12.2 Å². The molecule has 0 saturated carbocycles. The first-order valence-corrected chi connectivity index (χ1v) is 10.8. The van der Waals surface area contributed by atoms with E-state index in [-0.39, 0.29) is 40.8 Å². The lowest BCUT2D eigenvalue weighted by Gasteiger charge is -2.46. The molecule has 2 fully saturated rings. The highest BCUT2D eigenvalue weighted by atomic mass is 32.2. The zero-order valence-electron chi connectivity index (χ0n) is 17.4. The Kier molecular flexibility index (Phi) is 6.44. The van der Waals surface area contributed by atoms with Crippen LogP contribution < -0.4 is 10.6 Å². The molecule has 3 heterocycles. The lowest BCUT2D eigenvalue weighted by molar-refractivity contribution is -0.161. The number of carboxylic acid groups (broad SMARTS) is 1. The number of carbonyl (C=O) groups is 4. The number of likely N-dealkylation sites (N-methyl/N-ethyl adjacent to an activating group) is 1. The zero-order chi connectivity index (χ0) is 22.3. The number of aliphatic hydroxyl groups is 1. The normalized spacial score (nSPS) is 31.3. The number of hydrogen-bond donors (Lipinski definition) is 4. The largest absolute Gasteiger partial charge is 0.480 e. The van der Waals surface area contributed by atoms with Gasteiger partial charge in [-0.2, -0.15) is 0 Å². The summed E-state index contributed by atoms with van der Waals surface area (Å²) in [5.74, 6) is -2.91. The standard InChI is InChI=1S/C19H28N4O6S/c1-8-14-13(9(2)24)19(29)23(14)15(17(27)21-7-12(25)26)16(8)30-10-5-11(20-6-10)18(28)22(3)4/h8-11,13-14,20,24H,5-7H2,1-4H3,(H,21,27)(H,25,26)/t8-,9-,10+,11+,13-,14-/m1/s1. The third-order valence-electron chi connectivity index (χ3n) is 5.85. The molecule has 4 N–H and O–H groups in total. The summed E-state index contributed by atoms with van der Waals surface area (Å²) in [6.07, 6.45) is -0.260. The van der Waals surface area contributed by atoms with Crippen molar-refractivity contribution < 1.29 is 29.4 Å². The third kappa shape index (κ3) is 3.93. The lowest BCUT2D eigenvalue weighted by Crippen LogP contribution is -2.64. The molecule has 0 unspecified atom stereocenters. The van der Waals surface area contributed by atoms with Crippen LogP contribution in [-0.4, -0.2) is 94.3 Å². The first kappa shape index (κ1) is 22.6. The van der Waals surface area contributed by atoms with Crippen LogP contribution in [0.25, 0.3) is 0 Å². The predicted molar refractivity (Wildman–Crippen MR) is 109 cm³/mol. The number of aliphatic hydroxyl groups excluding tert-OH is 1. The van der Waals surface area contributed by atoms with Crippen LogP contribution >= 0.6 is 11.8 Å². The van der Waals surface area contributed by atoms with Gasteiger partial charge in [-0.1, -0.05) is 6.92 Å². The number of nitrogens with zero attached hydrogens (tertiary/aromatic N) is 2. The molecule has 3 rings (SSSR count). The van der Waals surface area contributed by atoms with Crippen molar-refractivity contribution >= 4 is 35.5 Å². The van der Waals surface area contributed by atoms with Gasteiger partial charge in [0, 0.05) is 36.7 Å². The minimum absolute atomic E-state index is 0.0147. The van der Waals surface area contributed by atoms with Crippen molar-refractivity contribution in [2.24, 2.45) is 11.8 Å². The molecule has 11 heteroatoms. The number of nitrogens with one attached hydrogen (secondary N) is 2. The smallest absolute Gasteiger partial charge is 0.322 e. The van der Waals surface area contributed by atoms with E-state index in [1.54, 1.807) is 21.0 Å². The molecule has 0 aromatic heterocycles. The second kappa shape index (κ2) is 8.56. The van der Waals surface area contributed by atoms with Gasteiger partial charge < -0.3 is 30.6 Å². The lowest BCUT2D eigenvalue weighted by atomic mass is 9.79. The van der Waals surface area contributed by atoms with Gasteiger partial charge in [-0.25, -0.2) is 0 Å². The number of amides is 3. The summed E-state index contributed by atoms with van der Waals surface area (Å²) >= 11 is 1.45. The first-order valence-electron chi connectivity index (χ1n) is 9.91. The Morgan fingerprint density at radius 1 is 1.37 bits per heavy atom. The van der Waals surface area contributed by atoms with Crippen molar-refractivity contribution in [1.82, 2.24) is 20.4 Å². The quantitative estimate of drug-likeness (QED) is 0.363. The molecular formula is C19H28N4O6S. The molecule has 3 aliphatic rings. The molecule has 10 nitrogen and oxygen atoms in total. The Labute approximate surface area is 179 Å². The molecule has 2 saturated heterocycles. The molecule has 30 heavy (non-hydrogen) atoms. The number of fused-ring (bicyclic) bond motifs is 1. The number of β-lactam (4-membered cyclic amide) rings is 1. The van der Waals surface area contributed by atoms with Crippen molar-refractivity contribution in [3.8, 4) is 0 Å². The van der Waals surface area contributed by atoms with Crippen molar-refractivity contribution in [2.75, 3.05) is 27.2 Å². The maximum atomic E-state index is 12.8. The van der Waals surface area contributed by atoms with E-state index in [0.717, 1.165) is 0 Å². The van der Waals surface area contributed by atoms with Gasteiger partial charge in [-0.05, 0) is 13.3 Å². The fourth-order valence-electron chi connectivity index (χ4n) is 4.40. The highest BCUT2D eigenvalue weighted by Crippen LogP contribution is 2.51. The van der Waals surface area contributed by atoms with Crippen LogP contribution in [-0.2, 0) is 19.2 Å². The SMILES string of the molecule is C[C@@H](O)[C@H]1C(=O)N2C(C(=O)NCC(=O)O)=C(S[C@@H]3CN[C@H](C(=O)N(C)C)C3)[C@H](C)[C@H]12. The van der Waals surface area contributed by atoms with E-state index in [0.29, 0.717) is 17.9 Å². The van der Waals surface area contributed by atoms with E-state index in [2.05, 4.69) is 10.6 Å². The summed E-state index contributed by atoms with van der Waals surface area (Å²) in [5, 5.41) is 24.5. The number of hydrogen-bond acceptors (Lipinski definition) is 7. The minimum Gasteiger partial charge on any atom is -0.480 e. The minimum atomic E-state index is -1.18. The number of aliphatic carboxylic acids is 1. The third-order valence-corrected chi connectivity index (χ3v) is 7.36. The second-order valence-electron chi connectivity index (χ2n) is 8.21. The van der Waals surface area contributed by atoms with Crippen molar-refractivity contribution in [3.05, 3.63) is 10.6 Å². The number of rotatable bonds is 7. The number of carboxylic acids is 1. The number of thioether (sulfide) groups is 1. The van der Waals surface area contributed by atoms with E-state index in [9.17, 15) is 24.3 Å². The van der Waals surface area contributed by atoms with Crippen LogP contribution in [0.4, 0.5) is 0 Å². The molecule has 0 aromatic carbocycles. The van der Waals surface area contributed by atoms with Crippen molar-refractivity contribution in [1.29, 1.82) is 0 Å². The van der Waals surface area contributed by atoms with Crippen LogP contribution in [0.3, 0.4) is 0 Å². The van der Waals surface area contributed by atoms with Crippen LogP contribution in [0.5, 0.6) is 0 Å². The first-order chi connectivity index (χ1) is 14.0. The van der Waals surface area contributed by atoms with Gasteiger partial charge >= 0.3 is 5.97 Å². The summed E-state index contributed by atoms with van der Waals surface area (Å²) < 4.78 is 0. The molecule has 0 bridgehead atoms. The van der Waals surface area contributed by atoms with E-state index in [4.69, 9.17) is 5.11 Å². The topological polar surface area (TPSA) is 139 Å². The number of carbonyl (C=O) groups excluding carboxylic acids is 3. The highest BCUT2D eigenvalue weighted by molar-refractivity contribution is 8.03. The molecular weight excluding hydrogens is 412 g/mol. The fourth-order valence-corrected chi connectivity index (χ4v) is 5.89. The maximum Gasteiger partial charge on any atom is 0.322 e. The second-order valence-corrected chi connectivity index (χ2v) is 9.55. The Bertz CT molecular complexity index is 798. The Morgan fingerprint density at radius 2 is 2.03 bits per heavy atom. The molecule has 0 radical (unpaired) electrons. The van der Waals surface area contributed by atoms with Crippen LogP contribution in [0.15, 0.2) is 10.6 Å².